The van der Waals surface area contributed by atoms with Crippen molar-refractivity contribution in [3.63, 3.8) is 0 Å². The molecule has 0 saturated heterocycles. The number of hydrogen-bond acceptors (Lipinski definition) is 2. The van der Waals surface area contributed by atoms with Gasteiger partial charge in [0.1, 0.15) is 19.4 Å². The maximum Gasteiger partial charge on any atom is 0.142 e. The van der Waals surface area contributed by atoms with Crippen molar-refractivity contribution in [3.8, 4) is 17.1 Å². The largest absolute Gasteiger partial charge is 0.507 e. The summed E-state index contributed by atoms with van der Waals surface area (Å²) in [5.41, 5.74) is 3.23. The van der Waals surface area contributed by atoms with Gasteiger partial charge in [-0.05, 0) is 39.7 Å². The summed E-state index contributed by atoms with van der Waals surface area (Å²) in [6.45, 7) is 0. The maximum absolute atomic E-state index is 10.7. The number of phenolic OH excluding ortho intramolecular Hbond substituents is 1. The van der Waals surface area contributed by atoms with Crippen LogP contribution in [-0.4, -0.2) is 22.9 Å². The number of aromatic nitrogens is 2. The molecule has 1 heterocycles. The molecular weight excluding hydrogens is 435 g/mol. The van der Waals surface area contributed by atoms with E-state index in [4.69, 9.17) is 12.8 Å². The first-order chi connectivity index (χ1) is 14.6. The molecule has 0 aliphatic rings. The zero-order chi connectivity index (χ0) is 20.4. The van der Waals surface area contributed by atoms with E-state index < -0.39 is 0 Å². The summed E-state index contributed by atoms with van der Waals surface area (Å²) in [5.74, 6) is 0.848. The van der Waals surface area contributed by atoms with Crippen molar-refractivity contribution < 1.29 is 5.11 Å². The molecule has 0 bridgehead atoms. The van der Waals surface area contributed by atoms with Crippen LogP contribution < -0.4 is 5.46 Å². The van der Waals surface area contributed by atoms with Crippen LogP contribution in [0.25, 0.3) is 54.7 Å². The second-order valence-electron chi connectivity index (χ2n) is 7.48. The van der Waals surface area contributed by atoms with Crippen LogP contribution >= 0.6 is 15.9 Å². The molecule has 0 atom stereocenters. The molecule has 1 aromatic heterocycles. The highest BCUT2D eigenvalue weighted by Crippen LogP contribution is 2.39. The van der Waals surface area contributed by atoms with Gasteiger partial charge in [-0.25, -0.2) is 4.98 Å². The molecular formula is C25H14BBrN2O. The van der Waals surface area contributed by atoms with E-state index in [1.54, 1.807) is 6.07 Å². The number of hydrogen-bond donors (Lipinski definition) is 2. The van der Waals surface area contributed by atoms with Crippen LogP contribution in [0, 0.1) is 0 Å². The van der Waals surface area contributed by atoms with E-state index in [1.807, 2.05) is 54.6 Å². The van der Waals surface area contributed by atoms with Crippen molar-refractivity contribution in [2.45, 2.75) is 0 Å². The number of nitrogens with one attached hydrogen (secondary N) is 1. The summed E-state index contributed by atoms with van der Waals surface area (Å²) in [7, 11) is 6.10. The Morgan fingerprint density at radius 1 is 0.800 bits per heavy atom. The first kappa shape index (κ1) is 17.5. The van der Waals surface area contributed by atoms with Gasteiger partial charge in [0.05, 0.1) is 16.6 Å². The Morgan fingerprint density at radius 3 is 2.50 bits per heavy atom. The molecule has 6 rings (SSSR count). The minimum atomic E-state index is 0.202. The van der Waals surface area contributed by atoms with Crippen LogP contribution in [0.5, 0.6) is 5.75 Å². The van der Waals surface area contributed by atoms with Crippen LogP contribution in [0.3, 0.4) is 0 Å². The SMILES string of the molecule is [B]c1ccc2c(c1)c1cc(Br)ccc1c1nc(-c3c(O)ccc4ccccc34)[nH]c21. The highest BCUT2D eigenvalue weighted by atomic mass is 79.9. The van der Waals surface area contributed by atoms with E-state index in [1.165, 1.54) is 0 Å². The van der Waals surface area contributed by atoms with E-state index in [9.17, 15) is 5.11 Å². The number of rotatable bonds is 1. The molecule has 5 heteroatoms. The van der Waals surface area contributed by atoms with Crippen LogP contribution in [0.15, 0.2) is 77.3 Å². The van der Waals surface area contributed by atoms with E-state index in [2.05, 4.69) is 33.0 Å². The molecule has 0 spiro atoms. The number of halogens is 1. The van der Waals surface area contributed by atoms with Gasteiger partial charge < -0.3 is 10.1 Å². The van der Waals surface area contributed by atoms with E-state index in [0.717, 1.165) is 53.3 Å². The lowest BCUT2D eigenvalue weighted by Gasteiger charge is -2.08. The number of phenols is 1. The number of benzene rings is 5. The number of aromatic amines is 1. The third kappa shape index (κ3) is 2.49. The van der Waals surface area contributed by atoms with E-state index in [-0.39, 0.29) is 5.75 Å². The monoisotopic (exact) mass is 448 g/mol. The van der Waals surface area contributed by atoms with Crippen molar-refractivity contribution in [3.05, 3.63) is 77.3 Å². The smallest absolute Gasteiger partial charge is 0.142 e. The van der Waals surface area contributed by atoms with Gasteiger partial charge in [0.25, 0.3) is 0 Å². The lowest BCUT2D eigenvalue weighted by Crippen LogP contribution is -2.00. The zero-order valence-electron chi connectivity index (χ0n) is 15.8. The van der Waals surface area contributed by atoms with E-state index in [0.29, 0.717) is 11.4 Å². The summed E-state index contributed by atoms with van der Waals surface area (Å²) in [5, 5.41) is 16.9. The minimum absolute atomic E-state index is 0.202. The Morgan fingerprint density at radius 2 is 1.60 bits per heavy atom. The Balaban J connectivity index is 1.79. The molecule has 0 aliphatic carbocycles. The topological polar surface area (TPSA) is 48.9 Å². The highest BCUT2D eigenvalue weighted by molar-refractivity contribution is 9.10. The summed E-state index contributed by atoms with van der Waals surface area (Å²) in [6, 6.07) is 23.8. The maximum atomic E-state index is 10.7. The average Bonchev–Trinajstić information content (AvgIpc) is 3.18. The normalized spacial score (nSPS) is 11.8. The number of imidazole rings is 1. The Kier molecular flexibility index (Phi) is 3.71. The second kappa shape index (κ2) is 6.35. The van der Waals surface area contributed by atoms with Gasteiger partial charge in [0, 0.05) is 15.2 Å². The third-order valence-corrected chi connectivity index (χ3v) is 6.18. The predicted octanol–water partition coefficient (Wildman–Crippen LogP) is 5.95. The zero-order valence-corrected chi connectivity index (χ0v) is 17.4. The third-order valence-electron chi connectivity index (χ3n) is 5.69. The molecule has 6 aromatic rings. The van der Waals surface area contributed by atoms with Crippen molar-refractivity contribution >= 4 is 72.6 Å². The quantitative estimate of drug-likeness (QED) is 0.241. The molecule has 0 fully saturated rings. The fraction of sp³-hybridized carbons (Fsp3) is 0. The van der Waals surface area contributed by atoms with Gasteiger partial charge in [0.15, 0.2) is 0 Å². The van der Waals surface area contributed by atoms with Crippen LogP contribution in [0.4, 0.5) is 0 Å². The van der Waals surface area contributed by atoms with E-state index >= 15 is 0 Å². The van der Waals surface area contributed by atoms with Crippen LogP contribution in [-0.2, 0) is 0 Å². The average molecular weight is 449 g/mol. The first-order valence-corrected chi connectivity index (χ1v) is 10.4. The summed E-state index contributed by atoms with van der Waals surface area (Å²) in [4.78, 5) is 8.45. The lowest BCUT2D eigenvalue weighted by molar-refractivity contribution is 0.477. The van der Waals surface area contributed by atoms with Gasteiger partial charge in [0.2, 0.25) is 0 Å². The standard InChI is InChI=1S/C25H14BBrN2O/c26-14-6-8-17-19(11-14)20-12-15(27)7-9-18(20)24-23(17)28-25(29-24)22-16-4-2-1-3-13(16)5-10-21(22)30/h1-12,30H,(H,28,29). The molecule has 3 nitrogen and oxygen atoms in total. The number of nitrogens with zero attached hydrogens (tertiary/aromatic N) is 1. The van der Waals surface area contributed by atoms with Gasteiger partial charge in [-0.3, -0.25) is 0 Å². The lowest BCUT2D eigenvalue weighted by atomic mass is 9.91. The molecule has 2 N–H and O–H groups in total. The number of aromatic hydroxyl groups is 1. The first-order valence-electron chi connectivity index (χ1n) is 9.61. The highest BCUT2D eigenvalue weighted by Gasteiger charge is 2.17. The second-order valence-corrected chi connectivity index (χ2v) is 8.40. The summed E-state index contributed by atoms with van der Waals surface area (Å²) >= 11 is 3.59. The Hall–Kier alpha value is -3.31. The summed E-state index contributed by atoms with van der Waals surface area (Å²) in [6.07, 6.45) is 0. The van der Waals surface area contributed by atoms with Gasteiger partial charge in [-0.1, -0.05) is 76.0 Å². The molecule has 0 amide bonds. The van der Waals surface area contributed by atoms with Crippen LogP contribution in [0.2, 0.25) is 0 Å². The Bertz CT molecular complexity index is 1560. The van der Waals surface area contributed by atoms with Crippen molar-refractivity contribution in [2.24, 2.45) is 0 Å². The molecule has 2 radical (unpaired) electrons. The van der Waals surface area contributed by atoms with Crippen molar-refractivity contribution in [2.75, 3.05) is 0 Å². The molecule has 5 aromatic carbocycles. The van der Waals surface area contributed by atoms with Gasteiger partial charge >= 0.3 is 0 Å². The molecule has 30 heavy (non-hydrogen) atoms. The van der Waals surface area contributed by atoms with Gasteiger partial charge in [-0.2, -0.15) is 0 Å². The summed E-state index contributed by atoms with van der Waals surface area (Å²) < 4.78 is 1.00. The molecule has 0 aliphatic heterocycles. The van der Waals surface area contributed by atoms with Gasteiger partial charge in [-0.15, -0.1) is 0 Å². The minimum Gasteiger partial charge on any atom is -0.507 e. The molecule has 0 unspecified atom stereocenters. The fourth-order valence-electron chi connectivity index (χ4n) is 4.34. The fourth-order valence-corrected chi connectivity index (χ4v) is 4.70. The predicted molar refractivity (Wildman–Crippen MR) is 129 cm³/mol. The molecule has 0 saturated carbocycles. The number of fused-ring (bicyclic) bond motifs is 7. The van der Waals surface area contributed by atoms with Crippen molar-refractivity contribution in [1.82, 2.24) is 9.97 Å². The number of H-pyrrole nitrogens is 1. The Labute approximate surface area is 181 Å². The van der Waals surface area contributed by atoms with Crippen LogP contribution in [0.1, 0.15) is 0 Å². The van der Waals surface area contributed by atoms with Crippen molar-refractivity contribution in [1.29, 1.82) is 0 Å². The molecule has 140 valence electrons.